The largest absolute Gasteiger partial charge is 0.462 e. The van der Waals surface area contributed by atoms with Crippen molar-refractivity contribution in [2.45, 2.75) is 13.8 Å². The fraction of sp³-hybridized carbons (Fsp3) is 0.500. The van der Waals surface area contributed by atoms with Crippen molar-refractivity contribution in [1.82, 2.24) is 0 Å². The molecule has 0 aliphatic carbocycles. The molecule has 7 nitrogen and oxygen atoms in total. The molecule has 0 heterocycles. The summed E-state index contributed by atoms with van der Waals surface area (Å²) in [6.07, 6.45) is 0. The molecule has 0 aliphatic heterocycles. The summed E-state index contributed by atoms with van der Waals surface area (Å²) in [6.45, 7) is 9.91. The average Bonchev–Trinajstić information content (AvgIpc) is 2.30. The zero-order valence-corrected chi connectivity index (χ0v) is 11.1. The highest BCUT2D eigenvalue weighted by atomic mass is 16.7. The van der Waals surface area contributed by atoms with Crippen molar-refractivity contribution in [2.24, 2.45) is 0 Å². The number of esters is 2. The maximum atomic E-state index is 10.5. The molecule has 0 spiro atoms. The van der Waals surface area contributed by atoms with Gasteiger partial charge in [0.25, 0.3) is 11.9 Å². The Morgan fingerprint density at radius 2 is 1.05 bits per heavy atom. The van der Waals surface area contributed by atoms with E-state index in [-0.39, 0.29) is 38.3 Å². The Morgan fingerprint density at radius 1 is 0.737 bits per heavy atom. The summed E-state index contributed by atoms with van der Waals surface area (Å²) in [7, 11) is 0. The normalized spacial score (nSPS) is 9.16. The van der Waals surface area contributed by atoms with Gasteiger partial charge in [-0.05, 0) is 13.2 Å². The summed E-state index contributed by atoms with van der Waals surface area (Å²) in [5.74, 6) is -0.865. The molecule has 0 atom stereocenters. The molecule has 0 aromatic carbocycles. The van der Waals surface area contributed by atoms with Crippen molar-refractivity contribution < 1.29 is 33.3 Å². The molecule has 0 saturated heterocycles. The highest BCUT2D eigenvalue weighted by molar-refractivity contribution is 5.66. The molecule has 19 heavy (non-hydrogen) atoms. The second kappa shape index (κ2) is 9.81. The number of rotatable bonds is 10. The van der Waals surface area contributed by atoms with Crippen LogP contribution in [0.3, 0.4) is 0 Å². The lowest BCUT2D eigenvalue weighted by Gasteiger charge is -2.12. The SMILES string of the molecule is C=C(OCCOC(C)=O)OC(=C)OCCOC(C)=O. The van der Waals surface area contributed by atoms with Crippen LogP contribution in [0.5, 0.6) is 0 Å². The second-order valence-electron chi connectivity index (χ2n) is 3.22. The average molecular weight is 274 g/mol. The lowest BCUT2D eigenvalue weighted by atomic mass is 10.7. The van der Waals surface area contributed by atoms with Crippen LogP contribution in [0.25, 0.3) is 0 Å². The van der Waals surface area contributed by atoms with E-state index in [0.717, 1.165) is 0 Å². The van der Waals surface area contributed by atoms with Crippen molar-refractivity contribution >= 4 is 11.9 Å². The fourth-order valence-electron chi connectivity index (χ4n) is 0.868. The first kappa shape index (κ1) is 16.8. The molecular formula is C12H18O7. The summed E-state index contributed by atoms with van der Waals surface area (Å²) in [4.78, 5) is 20.9. The third-order valence-corrected chi connectivity index (χ3v) is 1.53. The predicted molar refractivity (Wildman–Crippen MR) is 64.5 cm³/mol. The Hall–Kier alpha value is -2.18. The Morgan fingerprint density at radius 3 is 1.37 bits per heavy atom. The molecule has 7 heteroatoms. The first-order chi connectivity index (χ1) is 8.91. The van der Waals surface area contributed by atoms with Crippen molar-refractivity contribution in [3.8, 4) is 0 Å². The molecule has 0 aromatic rings. The van der Waals surface area contributed by atoms with Crippen LogP contribution in [-0.2, 0) is 33.3 Å². The first-order valence-corrected chi connectivity index (χ1v) is 5.49. The highest BCUT2D eigenvalue weighted by Gasteiger charge is 2.02. The maximum Gasteiger partial charge on any atom is 0.302 e. The van der Waals surface area contributed by atoms with Gasteiger partial charge in [0, 0.05) is 13.8 Å². The quantitative estimate of drug-likeness (QED) is 0.335. The molecule has 0 N–H and O–H groups in total. The van der Waals surface area contributed by atoms with Crippen molar-refractivity contribution in [3.05, 3.63) is 25.0 Å². The lowest BCUT2D eigenvalue weighted by Crippen LogP contribution is -2.10. The fourth-order valence-corrected chi connectivity index (χ4v) is 0.868. The monoisotopic (exact) mass is 274 g/mol. The zero-order chi connectivity index (χ0) is 14.7. The predicted octanol–water partition coefficient (Wildman–Crippen LogP) is 1.10. The number of hydrogen-bond donors (Lipinski definition) is 0. The molecule has 0 fully saturated rings. The van der Waals surface area contributed by atoms with Gasteiger partial charge < -0.3 is 23.7 Å². The Labute approximate surface area is 111 Å². The van der Waals surface area contributed by atoms with Crippen LogP contribution in [0.15, 0.2) is 25.0 Å². The van der Waals surface area contributed by atoms with Crippen LogP contribution in [0.2, 0.25) is 0 Å². The molecule has 0 saturated carbocycles. The van der Waals surface area contributed by atoms with E-state index in [0.29, 0.717) is 0 Å². The van der Waals surface area contributed by atoms with Crippen molar-refractivity contribution in [3.63, 3.8) is 0 Å². The standard InChI is InChI=1S/C12H18O7/c1-9(13)15-5-7-17-11(3)19-12(4)18-8-6-16-10(2)14/h3-8H2,1-2H3. The van der Waals surface area contributed by atoms with Crippen LogP contribution in [0.1, 0.15) is 13.8 Å². The van der Waals surface area contributed by atoms with Crippen LogP contribution < -0.4 is 0 Å². The first-order valence-electron chi connectivity index (χ1n) is 5.49. The van der Waals surface area contributed by atoms with Gasteiger partial charge in [0.15, 0.2) is 0 Å². The van der Waals surface area contributed by atoms with Gasteiger partial charge in [0.2, 0.25) is 0 Å². The van der Waals surface area contributed by atoms with E-state index in [9.17, 15) is 9.59 Å². The van der Waals surface area contributed by atoms with Gasteiger partial charge >= 0.3 is 11.9 Å². The number of hydrogen-bond acceptors (Lipinski definition) is 7. The highest BCUT2D eigenvalue weighted by Crippen LogP contribution is 2.05. The van der Waals surface area contributed by atoms with E-state index in [1.54, 1.807) is 0 Å². The molecule has 0 aliphatic rings. The number of carbonyl (C=O) groups excluding carboxylic acids is 2. The molecule has 108 valence electrons. The smallest absolute Gasteiger partial charge is 0.302 e. The molecule has 0 rings (SSSR count). The van der Waals surface area contributed by atoms with Gasteiger partial charge in [0.05, 0.1) is 0 Å². The van der Waals surface area contributed by atoms with Gasteiger partial charge in [-0.2, -0.15) is 0 Å². The van der Waals surface area contributed by atoms with Crippen LogP contribution in [0, 0.1) is 0 Å². The van der Waals surface area contributed by atoms with Crippen molar-refractivity contribution in [1.29, 1.82) is 0 Å². The third-order valence-electron chi connectivity index (χ3n) is 1.53. The minimum Gasteiger partial charge on any atom is -0.462 e. The van der Waals surface area contributed by atoms with E-state index in [1.807, 2.05) is 0 Å². The van der Waals surface area contributed by atoms with E-state index in [4.69, 9.17) is 14.2 Å². The topological polar surface area (TPSA) is 80.3 Å². The van der Waals surface area contributed by atoms with Gasteiger partial charge in [-0.3, -0.25) is 9.59 Å². The van der Waals surface area contributed by atoms with Crippen LogP contribution in [-0.4, -0.2) is 38.4 Å². The zero-order valence-electron chi connectivity index (χ0n) is 11.1. The van der Waals surface area contributed by atoms with E-state index in [1.165, 1.54) is 13.8 Å². The summed E-state index contributed by atoms with van der Waals surface area (Å²) < 4.78 is 24.2. The molecule has 0 bridgehead atoms. The van der Waals surface area contributed by atoms with Crippen LogP contribution in [0.4, 0.5) is 0 Å². The van der Waals surface area contributed by atoms with Crippen LogP contribution >= 0.6 is 0 Å². The maximum absolute atomic E-state index is 10.5. The molecular weight excluding hydrogens is 256 g/mol. The van der Waals surface area contributed by atoms with Crippen molar-refractivity contribution in [2.75, 3.05) is 26.4 Å². The van der Waals surface area contributed by atoms with Gasteiger partial charge in [-0.15, -0.1) is 0 Å². The Bertz CT molecular complexity index is 303. The number of ether oxygens (including phenoxy) is 5. The summed E-state index contributed by atoms with van der Waals surface area (Å²) in [5, 5.41) is 0. The summed E-state index contributed by atoms with van der Waals surface area (Å²) >= 11 is 0. The van der Waals surface area contributed by atoms with E-state index in [2.05, 4.69) is 22.6 Å². The molecule has 0 amide bonds. The Kier molecular flexibility index (Phi) is 8.68. The minimum absolute atomic E-state index is 0.0374. The lowest BCUT2D eigenvalue weighted by molar-refractivity contribution is -0.142. The van der Waals surface area contributed by atoms with Gasteiger partial charge in [0.1, 0.15) is 26.4 Å². The molecule has 0 radical (unpaired) electrons. The molecule has 0 aromatic heterocycles. The van der Waals surface area contributed by atoms with Gasteiger partial charge in [-0.25, -0.2) is 0 Å². The van der Waals surface area contributed by atoms with Gasteiger partial charge in [-0.1, -0.05) is 0 Å². The third kappa shape index (κ3) is 12.1. The number of carbonyl (C=O) groups is 2. The summed E-state index contributed by atoms with van der Waals surface area (Å²) in [5.41, 5.74) is 0. The van der Waals surface area contributed by atoms with E-state index >= 15 is 0 Å². The summed E-state index contributed by atoms with van der Waals surface area (Å²) in [6, 6.07) is 0. The Balaban J connectivity index is 3.55. The van der Waals surface area contributed by atoms with E-state index < -0.39 is 11.9 Å². The minimum atomic E-state index is -0.395. The second-order valence-corrected chi connectivity index (χ2v) is 3.22. The molecule has 0 unspecified atom stereocenters.